The Morgan fingerprint density at radius 1 is 1.36 bits per heavy atom. The summed E-state index contributed by atoms with van der Waals surface area (Å²) in [6.07, 6.45) is 8.43. The molecule has 0 bridgehead atoms. The van der Waals surface area contributed by atoms with Gasteiger partial charge in [0.15, 0.2) is 9.84 Å². The van der Waals surface area contributed by atoms with Crippen molar-refractivity contribution in [2.24, 2.45) is 5.92 Å². The fourth-order valence-corrected chi connectivity index (χ4v) is 3.36. The molecule has 0 aliphatic carbocycles. The summed E-state index contributed by atoms with van der Waals surface area (Å²) in [7, 11) is -3.19. The SMILES string of the molecule is CS(=O)(=O)c1ccc(N2CCCC(Cn3ccnn3)C2)nc1. The number of anilines is 1. The summed E-state index contributed by atoms with van der Waals surface area (Å²) in [4.78, 5) is 6.77. The first-order chi connectivity index (χ1) is 10.5. The lowest BCUT2D eigenvalue weighted by molar-refractivity contribution is 0.347. The van der Waals surface area contributed by atoms with E-state index in [9.17, 15) is 8.42 Å². The fraction of sp³-hybridized carbons (Fsp3) is 0.500. The number of hydrogen-bond donors (Lipinski definition) is 0. The molecule has 2 aromatic rings. The minimum Gasteiger partial charge on any atom is -0.356 e. The van der Waals surface area contributed by atoms with Crippen LogP contribution in [-0.4, -0.2) is 47.7 Å². The summed E-state index contributed by atoms with van der Waals surface area (Å²) in [5, 5.41) is 7.84. The predicted molar refractivity (Wildman–Crippen MR) is 82.3 cm³/mol. The van der Waals surface area contributed by atoms with Crippen molar-refractivity contribution in [3.05, 3.63) is 30.7 Å². The number of aromatic nitrogens is 4. The van der Waals surface area contributed by atoms with Crippen LogP contribution < -0.4 is 4.90 Å². The molecular formula is C14H19N5O2S. The second-order valence-corrected chi connectivity index (χ2v) is 7.72. The summed E-state index contributed by atoms with van der Waals surface area (Å²) in [6, 6.07) is 3.41. The van der Waals surface area contributed by atoms with Crippen LogP contribution in [-0.2, 0) is 16.4 Å². The van der Waals surface area contributed by atoms with E-state index in [4.69, 9.17) is 0 Å². The average Bonchev–Trinajstić information content (AvgIpc) is 3.00. The standard InChI is InChI=1S/C14H19N5O2S/c1-22(20,21)13-4-5-14(15-9-13)18-7-2-3-12(10-18)11-19-8-6-16-17-19/h4-6,8-9,12H,2-3,7,10-11H2,1H3. The molecule has 118 valence electrons. The van der Waals surface area contributed by atoms with E-state index in [-0.39, 0.29) is 4.90 Å². The summed E-state index contributed by atoms with van der Waals surface area (Å²) in [5.74, 6) is 1.32. The highest BCUT2D eigenvalue weighted by Gasteiger charge is 2.22. The minimum absolute atomic E-state index is 0.257. The van der Waals surface area contributed by atoms with Gasteiger partial charge in [-0.25, -0.2) is 13.4 Å². The van der Waals surface area contributed by atoms with Crippen molar-refractivity contribution in [3.63, 3.8) is 0 Å². The van der Waals surface area contributed by atoms with Crippen LogP contribution in [0.1, 0.15) is 12.8 Å². The molecule has 2 aromatic heterocycles. The van der Waals surface area contributed by atoms with Crippen LogP contribution in [0, 0.1) is 5.92 Å². The highest BCUT2D eigenvalue weighted by atomic mass is 32.2. The largest absolute Gasteiger partial charge is 0.356 e. The lowest BCUT2D eigenvalue weighted by Gasteiger charge is -2.33. The molecule has 1 unspecified atom stereocenters. The van der Waals surface area contributed by atoms with Crippen LogP contribution in [0.4, 0.5) is 5.82 Å². The third-order valence-corrected chi connectivity index (χ3v) is 5.01. The van der Waals surface area contributed by atoms with Crippen LogP contribution in [0.3, 0.4) is 0 Å². The number of hydrogen-bond acceptors (Lipinski definition) is 6. The second-order valence-electron chi connectivity index (χ2n) is 5.70. The quantitative estimate of drug-likeness (QED) is 0.835. The average molecular weight is 321 g/mol. The van der Waals surface area contributed by atoms with Crippen molar-refractivity contribution in [1.82, 2.24) is 20.0 Å². The Morgan fingerprint density at radius 3 is 2.86 bits per heavy atom. The summed E-state index contributed by atoms with van der Waals surface area (Å²) < 4.78 is 24.8. The van der Waals surface area contributed by atoms with Gasteiger partial charge in [-0.3, -0.25) is 4.68 Å². The van der Waals surface area contributed by atoms with Gasteiger partial charge in [-0.05, 0) is 30.9 Å². The van der Waals surface area contributed by atoms with Crippen molar-refractivity contribution in [3.8, 4) is 0 Å². The zero-order chi connectivity index (χ0) is 15.6. The van der Waals surface area contributed by atoms with E-state index < -0.39 is 9.84 Å². The number of piperidine rings is 1. The Kier molecular flexibility index (Phi) is 4.10. The molecule has 8 heteroatoms. The van der Waals surface area contributed by atoms with Gasteiger partial charge in [0.1, 0.15) is 5.82 Å². The van der Waals surface area contributed by atoms with Gasteiger partial charge in [0.05, 0.1) is 11.1 Å². The van der Waals surface area contributed by atoms with Crippen LogP contribution in [0.25, 0.3) is 0 Å². The van der Waals surface area contributed by atoms with Crippen LogP contribution in [0.15, 0.2) is 35.6 Å². The van der Waals surface area contributed by atoms with Crippen LogP contribution >= 0.6 is 0 Å². The minimum atomic E-state index is -3.19. The smallest absolute Gasteiger partial charge is 0.177 e. The Hall–Kier alpha value is -1.96. The Morgan fingerprint density at radius 2 is 2.23 bits per heavy atom. The maximum atomic E-state index is 11.5. The van der Waals surface area contributed by atoms with Gasteiger partial charge in [0.2, 0.25) is 0 Å². The van der Waals surface area contributed by atoms with E-state index in [0.29, 0.717) is 5.92 Å². The molecule has 0 N–H and O–H groups in total. The first kappa shape index (κ1) is 15.0. The molecule has 1 aliphatic heterocycles. The molecule has 0 saturated carbocycles. The molecule has 1 atom stereocenters. The molecule has 3 rings (SSSR count). The van der Waals surface area contributed by atoms with Crippen molar-refractivity contribution < 1.29 is 8.42 Å². The van der Waals surface area contributed by atoms with E-state index >= 15 is 0 Å². The third kappa shape index (κ3) is 3.44. The van der Waals surface area contributed by atoms with Gasteiger partial charge in [-0.15, -0.1) is 5.10 Å². The summed E-state index contributed by atoms with van der Waals surface area (Å²) in [6.45, 7) is 2.68. The van der Waals surface area contributed by atoms with Gasteiger partial charge in [0, 0.05) is 38.3 Å². The Bertz CT molecular complexity index is 712. The maximum absolute atomic E-state index is 11.5. The zero-order valence-electron chi connectivity index (χ0n) is 12.5. The highest BCUT2D eigenvalue weighted by molar-refractivity contribution is 7.90. The number of pyridine rings is 1. The maximum Gasteiger partial charge on any atom is 0.177 e. The molecule has 0 aromatic carbocycles. The van der Waals surface area contributed by atoms with Crippen molar-refractivity contribution in [2.75, 3.05) is 24.2 Å². The van der Waals surface area contributed by atoms with E-state index in [1.807, 2.05) is 10.9 Å². The normalized spacial score (nSPS) is 19.3. The molecular weight excluding hydrogens is 302 g/mol. The van der Waals surface area contributed by atoms with Gasteiger partial charge in [-0.1, -0.05) is 5.21 Å². The van der Waals surface area contributed by atoms with Crippen LogP contribution in [0.2, 0.25) is 0 Å². The highest BCUT2D eigenvalue weighted by Crippen LogP contribution is 2.23. The molecule has 0 amide bonds. The second kappa shape index (κ2) is 6.04. The molecule has 1 aliphatic rings. The monoisotopic (exact) mass is 321 g/mol. The Balaban J connectivity index is 1.69. The molecule has 1 saturated heterocycles. The fourth-order valence-electron chi connectivity index (χ4n) is 2.80. The molecule has 1 fully saturated rings. The predicted octanol–water partition coefficient (Wildman–Crippen LogP) is 0.993. The van der Waals surface area contributed by atoms with E-state index in [2.05, 4.69) is 20.2 Å². The molecule has 7 nitrogen and oxygen atoms in total. The molecule has 0 spiro atoms. The van der Waals surface area contributed by atoms with E-state index in [0.717, 1.165) is 38.3 Å². The molecule has 3 heterocycles. The van der Waals surface area contributed by atoms with Gasteiger partial charge < -0.3 is 4.90 Å². The first-order valence-corrected chi connectivity index (χ1v) is 9.17. The number of rotatable bonds is 4. The topological polar surface area (TPSA) is 81.0 Å². The van der Waals surface area contributed by atoms with Gasteiger partial charge in [-0.2, -0.15) is 0 Å². The van der Waals surface area contributed by atoms with Crippen molar-refractivity contribution in [1.29, 1.82) is 0 Å². The zero-order valence-corrected chi connectivity index (χ0v) is 13.3. The van der Waals surface area contributed by atoms with Gasteiger partial charge in [0.25, 0.3) is 0 Å². The Labute approximate surface area is 129 Å². The van der Waals surface area contributed by atoms with Crippen molar-refractivity contribution in [2.45, 2.75) is 24.3 Å². The van der Waals surface area contributed by atoms with Crippen LogP contribution in [0.5, 0.6) is 0 Å². The lowest BCUT2D eigenvalue weighted by Crippen LogP contribution is -2.37. The molecule has 22 heavy (non-hydrogen) atoms. The summed E-state index contributed by atoms with van der Waals surface area (Å²) in [5.41, 5.74) is 0. The van der Waals surface area contributed by atoms with Gasteiger partial charge >= 0.3 is 0 Å². The number of nitrogens with zero attached hydrogens (tertiary/aromatic N) is 5. The van der Waals surface area contributed by atoms with E-state index in [1.165, 1.54) is 12.5 Å². The van der Waals surface area contributed by atoms with E-state index in [1.54, 1.807) is 18.3 Å². The third-order valence-electron chi connectivity index (χ3n) is 3.91. The lowest BCUT2D eigenvalue weighted by atomic mass is 9.98. The number of sulfone groups is 1. The summed E-state index contributed by atoms with van der Waals surface area (Å²) >= 11 is 0. The molecule has 0 radical (unpaired) electrons. The van der Waals surface area contributed by atoms with Crippen molar-refractivity contribution >= 4 is 15.7 Å². The first-order valence-electron chi connectivity index (χ1n) is 7.27.